The largest absolute Gasteiger partial charge is 0.504 e. The molecule has 1 aromatic carbocycles. The number of pyridine rings is 1. The van der Waals surface area contributed by atoms with Gasteiger partial charge >= 0.3 is 0 Å². The van der Waals surface area contributed by atoms with Crippen molar-refractivity contribution in [1.29, 1.82) is 0 Å². The van der Waals surface area contributed by atoms with Gasteiger partial charge in [0.15, 0.2) is 11.4 Å². The van der Waals surface area contributed by atoms with Crippen LogP contribution in [0.25, 0.3) is 16.9 Å². The van der Waals surface area contributed by atoms with Crippen molar-refractivity contribution in [2.75, 3.05) is 5.32 Å². The molecule has 2 aromatic heterocycles. The Bertz CT molecular complexity index is 775. The van der Waals surface area contributed by atoms with Crippen LogP contribution in [0.5, 0.6) is 5.75 Å². The first-order valence-electron chi connectivity index (χ1n) is 6.18. The van der Waals surface area contributed by atoms with E-state index in [9.17, 15) is 9.90 Å². The third kappa shape index (κ3) is 2.21. The van der Waals surface area contributed by atoms with Gasteiger partial charge in [0.1, 0.15) is 0 Å². The van der Waals surface area contributed by atoms with Gasteiger partial charge < -0.3 is 14.8 Å². The molecule has 20 heavy (non-hydrogen) atoms. The zero-order chi connectivity index (χ0) is 14.1. The lowest BCUT2D eigenvalue weighted by Crippen LogP contribution is -2.05. The molecule has 0 bridgehead atoms. The molecule has 0 aliphatic heterocycles. The highest BCUT2D eigenvalue weighted by molar-refractivity contribution is 5.88. The van der Waals surface area contributed by atoms with Crippen LogP contribution in [0, 0.1) is 0 Å². The second-order valence-electron chi connectivity index (χ2n) is 4.51. The minimum Gasteiger partial charge on any atom is -0.504 e. The Morgan fingerprint density at radius 3 is 2.65 bits per heavy atom. The van der Waals surface area contributed by atoms with E-state index in [4.69, 9.17) is 0 Å². The van der Waals surface area contributed by atoms with E-state index in [1.165, 1.54) is 6.92 Å². The molecule has 2 N–H and O–H groups in total. The minimum atomic E-state index is -0.101. The van der Waals surface area contributed by atoms with E-state index in [0.717, 1.165) is 16.9 Å². The number of imidazole rings is 1. The van der Waals surface area contributed by atoms with Crippen molar-refractivity contribution in [3.63, 3.8) is 0 Å². The molecule has 0 aliphatic rings. The number of hydrogen-bond donors (Lipinski definition) is 2. The van der Waals surface area contributed by atoms with Gasteiger partial charge in [-0.1, -0.05) is 12.1 Å². The van der Waals surface area contributed by atoms with Crippen molar-refractivity contribution in [1.82, 2.24) is 9.38 Å². The Morgan fingerprint density at radius 1 is 1.25 bits per heavy atom. The Labute approximate surface area is 115 Å². The van der Waals surface area contributed by atoms with Gasteiger partial charge in [0.05, 0.1) is 5.69 Å². The number of benzene rings is 1. The fraction of sp³-hybridized carbons (Fsp3) is 0.0667. The van der Waals surface area contributed by atoms with Crippen LogP contribution < -0.4 is 5.32 Å². The summed E-state index contributed by atoms with van der Waals surface area (Å²) in [6, 6.07) is 10.8. The lowest BCUT2D eigenvalue weighted by molar-refractivity contribution is -0.114. The fourth-order valence-electron chi connectivity index (χ4n) is 2.06. The number of amides is 1. The van der Waals surface area contributed by atoms with Crippen molar-refractivity contribution >= 4 is 17.2 Å². The molecule has 0 unspecified atom stereocenters. The summed E-state index contributed by atoms with van der Waals surface area (Å²) in [6.45, 7) is 1.47. The zero-order valence-electron chi connectivity index (χ0n) is 10.9. The summed E-state index contributed by atoms with van der Waals surface area (Å²) < 4.78 is 1.77. The molecule has 5 heteroatoms. The molecular weight excluding hydrogens is 254 g/mol. The van der Waals surface area contributed by atoms with Gasteiger partial charge in [0, 0.05) is 30.6 Å². The molecule has 0 saturated carbocycles. The number of carbonyl (C=O) groups excluding carboxylic acids is 1. The predicted molar refractivity (Wildman–Crippen MR) is 76.6 cm³/mol. The standard InChI is InChI=1S/C15H13N3O2/c1-10(19)16-12-6-4-11(5-7-12)13-9-18-8-2-3-14(20)15(18)17-13/h2-9,20H,1H3,(H,16,19). The topological polar surface area (TPSA) is 66.6 Å². The van der Waals surface area contributed by atoms with Crippen molar-refractivity contribution in [3.8, 4) is 17.0 Å². The number of carbonyl (C=O) groups is 1. The molecule has 1 amide bonds. The maximum absolute atomic E-state index is 11.0. The highest BCUT2D eigenvalue weighted by atomic mass is 16.3. The molecule has 2 heterocycles. The maximum atomic E-state index is 11.0. The summed E-state index contributed by atoms with van der Waals surface area (Å²) in [5.74, 6) is 0.0454. The molecule has 0 atom stereocenters. The van der Waals surface area contributed by atoms with Crippen LogP contribution >= 0.6 is 0 Å². The van der Waals surface area contributed by atoms with Gasteiger partial charge in [-0.2, -0.15) is 0 Å². The van der Waals surface area contributed by atoms with E-state index >= 15 is 0 Å². The van der Waals surface area contributed by atoms with Crippen molar-refractivity contribution in [2.45, 2.75) is 6.92 Å². The number of anilines is 1. The lowest BCUT2D eigenvalue weighted by atomic mass is 10.1. The summed E-state index contributed by atoms with van der Waals surface area (Å²) >= 11 is 0. The third-order valence-corrected chi connectivity index (χ3v) is 2.96. The first-order chi connectivity index (χ1) is 9.63. The van der Waals surface area contributed by atoms with Gasteiger partial charge in [-0.05, 0) is 24.3 Å². The number of hydrogen-bond acceptors (Lipinski definition) is 3. The van der Waals surface area contributed by atoms with Crippen LogP contribution in [0.2, 0.25) is 0 Å². The summed E-state index contributed by atoms with van der Waals surface area (Å²) in [6.07, 6.45) is 3.68. The van der Waals surface area contributed by atoms with E-state index in [1.807, 2.05) is 36.7 Å². The van der Waals surface area contributed by atoms with Crippen LogP contribution in [0.1, 0.15) is 6.92 Å². The number of fused-ring (bicyclic) bond motifs is 1. The maximum Gasteiger partial charge on any atom is 0.221 e. The average molecular weight is 267 g/mol. The normalized spacial score (nSPS) is 10.7. The van der Waals surface area contributed by atoms with Gasteiger partial charge in [-0.15, -0.1) is 0 Å². The summed E-state index contributed by atoms with van der Waals surface area (Å²) in [5.41, 5.74) is 2.95. The Morgan fingerprint density at radius 2 is 2.00 bits per heavy atom. The molecule has 5 nitrogen and oxygen atoms in total. The van der Waals surface area contributed by atoms with E-state index in [1.54, 1.807) is 16.5 Å². The second kappa shape index (κ2) is 4.70. The first-order valence-corrected chi connectivity index (χ1v) is 6.18. The monoisotopic (exact) mass is 267 g/mol. The van der Waals surface area contributed by atoms with Crippen LogP contribution in [-0.4, -0.2) is 20.4 Å². The Hall–Kier alpha value is -2.82. The van der Waals surface area contributed by atoms with Crippen LogP contribution in [0.3, 0.4) is 0 Å². The lowest BCUT2D eigenvalue weighted by Gasteiger charge is -2.02. The van der Waals surface area contributed by atoms with E-state index in [0.29, 0.717) is 5.65 Å². The summed E-state index contributed by atoms with van der Waals surface area (Å²) in [5, 5.41) is 12.5. The number of nitrogens with one attached hydrogen (secondary N) is 1. The zero-order valence-corrected chi connectivity index (χ0v) is 10.9. The molecule has 0 saturated heterocycles. The van der Waals surface area contributed by atoms with Crippen molar-refractivity contribution in [3.05, 3.63) is 48.8 Å². The van der Waals surface area contributed by atoms with Gasteiger partial charge in [-0.25, -0.2) is 4.98 Å². The molecule has 0 fully saturated rings. The summed E-state index contributed by atoms with van der Waals surface area (Å²) in [7, 11) is 0. The van der Waals surface area contributed by atoms with Crippen molar-refractivity contribution in [2.24, 2.45) is 0 Å². The highest BCUT2D eigenvalue weighted by Crippen LogP contribution is 2.24. The van der Waals surface area contributed by atoms with Crippen LogP contribution in [0.15, 0.2) is 48.8 Å². The van der Waals surface area contributed by atoms with E-state index < -0.39 is 0 Å². The average Bonchev–Trinajstić information content (AvgIpc) is 2.84. The Kier molecular flexibility index (Phi) is 2.87. The minimum absolute atomic E-state index is 0.101. The predicted octanol–water partition coefficient (Wildman–Crippen LogP) is 2.67. The SMILES string of the molecule is CC(=O)Nc1ccc(-c2cn3cccc(O)c3n2)cc1. The quantitative estimate of drug-likeness (QED) is 0.750. The smallest absolute Gasteiger partial charge is 0.221 e. The fourth-order valence-corrected chi connectivity index (χ4v) is 2.06. The molecule has 100 valence electrons. The molecule has 3 aromatic rings. The highest BCUT2D eigenvalue weighted by Gasteiger charge is 2.07. The number of aromatic nitrogens is 2. The number of rotatable bonds is 2. The van der Waals surface area contributed by atoms with Gasteiger partial charge in [0.25, 0.3) is 0 Å². The van der Waals surface area contributed by atoms with Gasteiger partial charge in [-0.3, -0.25) is 4.79 Å². The third-order valence-electron chi connectivity index (χ3n) is 2.96. The second-order valence-corrected chi connectivity index (χ2v) is 4.51. The summed E-state index contributed by atoms with van der Waals surface area (Å²) in [4.78, 5) is 15.4. The first kappa shape index (κ1) is 12.2. The molecule has 3 rings (SSSR count). The molecule has 0 radical (unpaired) electrons. The Balaban J connectivity index is 1.98. The van der Waals surface area contributed by atoms with E-state index in [2.05, 4.69) is 10.3 Å². The van der Waals surface area contributed by atoms with Gasteiger partial charge in [0.2, 0.25) is 5.91 Å². The van der Waals surface area contributed by atoms with Crippen LogP contribution in [0.4, 0.5) is 5.69 Å². The number of nitrogens with zero attached hydrogens (tertiary/aromatic N) is 2. The molecule has 0 aliphatic carbocycles. The van der Waals surface area contributed by atoms with Crippen molar-refractivity contribution < 1.29 is 9.90 Å². The number of aromatic hydroxyl groups is 1. The molecular formula is C15H13N3O2. The molecule has 0 spiro atoms. The van der Waals surface area contributed by atoms with E-state index in [-0.39, 0.29) is 11.7 Å². The van der Waals surface area contributed by atoms with Crippen LogP contribution in [-0.2, 0) is 4.79 Å².